The van der Waals surface area contributed by atoms with Crippen molar-refractivity contribution in [3.8, 4) is 0 Å². The van der Waals surface area contributed by atoms with Crippen LogP contribution in [0, 0.1) is 0 Å². The molecule has 2 rings (SSSR count). The molecule has 0 aromatic heterocycles. The van der Waals surface area contributed by atoms with Crippen LogP contribution >= 0.6 is 0 Å². The molecule has 0 amide bonds. The van der Waals surface area contributed by atoms with Gasteiger partial charge >= 0.3 is 0 Å². The molecule has 0 radical (unpaired) electrons. The minimum atomic E-state index is 0.999. The quantitative estimate of drug-likeness (QED) is 0.555. The zero-order valence-electron chi connectivity index (χ0n) is 6.89. The smallest absolute Gasteiger partial charge is 0.0581 e. The summed E-state index contributed by atoms with van der Waals surface area (Å²) in [5.41, 5.74) is 4.05. The number of fused-ring (bicyclic) bond motifs is 1. The summed E-state index contributed by atoms with van der Waals surface area (Å²) in [7, 11) is 2.04. The van der Waals surface area contributed by atoms with Crippen molar-refractivity contribution < 1.29 is 0 Å². The third-order valence-electron chi connectivity index (χ3n) is 2.10. The lowest BCUT2D eigenvalue weighted by molar-refractivity contribution is 0.607. The van der Waals surface area contributed by atoms with Crippen molar-refractivity contribution in [3.63, 3.8) is 0 Å². The van der Waals surface area contributed by atoms with Crippen LogP contribution in [0.2, 0.25) is 0 Å². The van der Waals surface area contributed by atoms with Gasteiger partial charge in [-0.25, -0.2) is 0 Å². The zero-order valence-corrected chi connectivity index (χ0v) is 6.89. The third-order valence-corrected chi connectivity index (χ3v) is 2.10. The van der Waals surface area contributed by atoms with Crippen molar-refractivity contribution in [3.05, 3.63) is 35.3 Å². The molecule has 2 aliphatic rings. The Balaban J connectivity index is 2.40. The molecule has 0 atom stereocenters. The summed E-state index contributed by atoms with van der Waals surface area (Å²) in [6.07, 6.45) is 6.35. The summed E-state index contributed by atoms with van der Waals surface area (Å²) in [5.74, 6) is 0. The lowest BCUT2D eigenvalue weighted by atomic mass is 10.1. The van der Waals surface area contributed by atoms with Gasteiger partial charge in [0.25, 0.3) is 0 Å². The van der Waals surface area contributed by atoms with Crippen LogP contribution in [0.5, 0.6) is 0 Å². The summed E-state index contributed by atoms with van der Waals surface area (Å²) < 4.78 is 0. The van der Waals surface area contributed by atoms with Gasteiger partial charge in [0, 0.05) is 31.6 Å². The van der Waals surface area contributed by atoms with Crippen LogP contribution in [0.25, 0.3) is 0 Å². The van der Waals surface area contributed by atoms with E-state index in [1.807, 2.05) is 7.05 Å². The van der Waals surface area contributed by atoms with Crippen molar-refractivity contribution in [2.45, 2.75) is 6.92 Å². The van der Waals surface area contributed by atoms with Crippen molar-refractivity contribution >= 4 is 0 Å². The number of nitrogens with zero attached hydrogens (tertiary/aromatic N) is 1. The van der Waals surface area contributed by atoms with Gasteiger partial charge in [-0.1, -0.05) is 0 Å². The van der Waals surface area contributed by atoms with E-state index in [1.54, 1.807) is 0 Å². The van der Waals surface area contributed by atoms with Gasteiger partial charge in [-0.3, -0.25) is 0 Å². The summed E-state index contributed by atoms with van der Waals surface area (Å²) >= 11 is 0. The first-order chi connectivity index (χ1) is 5.27. The minimum Gasteiger partial charge on any atom is -0.380 e. The van der Waals surface area contributed by atoms with Gasteiger partial charge in [0.15, 0.2) is 0 Å². The highest BCUT2D eigenvalue weighted by atomic mass is 15.1. The van der Waals surface area contributed by atoms with Crippen molar-refractivity contribution in [2.75, 3.05) is 13.6 Å². The maximum absolute atomic E-state index is 3.33. The minimum absolute atomic E-state index is 0.999. The number of hydrogen-bond acceptors (Lipinski definition) is 2. The molecule has 2 nitrogen and oxygen atoms in total. The van der Waals surface area contributed by atoms with Crippen LogP contribution in [0.1, 0.15) is 6.92 Å². The van der Waals surface area contributed by atoms with Gasteiger partial charge in [-0.15, -0.1) is 0 Å². The molecule has 2 aliphatic heterocycles. The first kappa shape index (κ1) is 6.53. The standard InChI is InChI=1S/C9H12N2/c1-7-5-10-9-6-11(2)4-3-8(7)9/h3-4,6,10H,5H2,1-2H3. The molecule has 2 heterocycles. The third kappa shape index (κ3) is 0.946. The SMILES string of the molecule is CC1=C2C=CN(C)C=C2NC1. The number of nitrogens with one attached hydrogen (secondary N) is 1. The first-order valence-corrected chi connectivity index (χ1v) is 3.83. The van der Waals surface area contributed by atoms with E-state index in [9.17, 15) is 0 Å². The summed E-state index contributed by atoms with van der Waals surface area (Å²) in [4.78, 5) is 2.06. The van der Waals surface area contributed by atoms with Crippen molar-refractivity contribution in [2.24, 2.45) is 0 Å². The Bertz CT molecular complexity index is 271. The highest BCUT2D eigenvalue weighted by Crippen LogP contribution is 2.23. The summed E-state index contributed by atoms with van der Waals surface area (Å²) in [6.45, 7) is 3.16. The molecule has 0 aromatic carbocycles. The highest BCUT2D eigenvalue weighted by molar-refractivity contribution is 5.48. The van der Waals surface area contributed by atoms with E-state index in [0.717, 1.165) is 6.54 Å². The van der Waals surface area contributed by atoms with Crippen LogP contribution < -0.4 is 5.32 Å². The Labute approximate surface area is 66.9 Å². The molecule has 0 saturated heterocycles. The van der Waals surface area contributed by atoms with Crippen LogP contribution in [0.15, 0.2) is 35.3 Å². The van der Waals surface area contributed by atoms with E-state index in [4.69, 9.17) is 0 Å². The van der Waals surface area contributed by atoms with E-state index < -0.39 is 0 Å². The largest absolute Gasteiger partial charge is 0.380 e. The molecule has 0 bridgehead atoms. The Morgan fingerprint density at radius 3 is 3.18 bits per heavy atom. The van der Waals surface area contributed by atoms with E-state index in [2.05, 4.69) is 35.6 Å². The van der Waals surface area contributed by atoms with Crippen molar-refractivity contribution in [1.82, 2.24) is 10.2 Å². The Kier molecular flexibility index (Phi) is 1.28. The normalized spacial score (nSPS) is 21.6. The first-order valence-electron chi connectivity index (χ1n) is 3.83. The summed E-state index contributed by atoms with van der Waals surface area (Å²) in [6, 6.07) is 0. The van der Waals surface area contributed by atoms with E-state index in [-0.39, 0.29) is 0 Å². The molecular formula is C9H12N2. The van der Waals surface area contributed by atoms with Gasteiger partial charge in [0.1, 0.15) is 0 Å². The molecule has 58 valence electrons. The second-order valence-electron chi connectivity index (χ2n) is 3.07. The van der Waals surface area contributed by atoms with Crippen molar-refractivity contribution in [1.29, 1.82) is 0 Å². The van der Waals surface area contributed by atoms with E-state index >= 15 is 0 Å². The van der Waals surface area contributed by atoms with Gasteiger partial charge < -0.3 is 10.2 Å². The average Bonchev–Trinajstić information content (AvgIpc) is 2.32. The second-order valence-corrected chi connectivity index (χ2v) is 3.07. The molecule has 0 aliphatic carbocycles. The maximum Gasteiger partial charge on any atom is 0.0581 e. The number of hydrogen-bond donors (Lipinski definition) is 1. The predicted molar refractivity (Wildman–Crippen MR) is 45.7 cm³/mol. The number of allylic oxidation sites excluding steroid dienone is 1. The Hall–Kier alpha value is -1.18. The Morgan fingerprint density at radius 1 is 1.55 bits per heavy atom. The monoisotopic (exact) mass is 148 g/mol. The van der Waals surface area contributed by atoms with E-state index in [1.165, 1.54) is 16.8 Å². The zero-order chi connectivity index (χ0) is 7.84. The van der Waals surface area contributed by atoms with E-state index in [0.29, 0.717) is 0 Å². The molecule has 0 saturated carbocycles. The van der Waals surface area contributed by atoms with Crippen LogP contribution in [-0.4, -0.2) is 18.5 Å². The van der Waals surface area contributed by atoms with Crippen LogP contribution in [-0.2, 0) is 0 Å². The maximum atomic E-state index is 3.33. The molecule has 11 heavy (non-hydrogen) atoms. The van der Waals surface area contributed by atoms with Crippen LogP contribution in [0.4, 0.5) is 0 Å². The van der Waals surface area contributed by atoms with Gasteiger partial charge in [-0.2, -0.15) is 0 Å². The molecule has 0 spiro atoms. The number of rotatable bonds is 0. The molecule has 0 fully saturated rings. The highest BCUT2D eigenvalue weighted by Gasteiger charge is 2.15. The summed E-state index contributed by atoms with van der Waals surface area (Å²) in [5, 5.41) is 3.33. The average molecular weight is 148 g/mol. The van der Waals surface area contributed by atoms with Gasteiger partial charge in [0.05, 0.1) is 5.70 Å². The fraction of sp³-hybridized carbons (Fsp3) is 0.333. The molecular weight excluding hydrogens is 136 g/mol. The molecule has 0 aromatic rings. The fourth-order valence-corrected chi connectivity index (χ4v) is 1.43. The predicted octanol–water partition coefficient (Wildman–Crippen LogP) is 1.21. The lowest BCUT2D eigenvalue weighted by Gasteiger charge is -2.15. The van der Waals surface area contributed by atoms with Gasteiger partial charge in [0.2, 0.25) is 0 Å². The topological polar surface area (TPSA) is 15.3 Å². The lowest BCUT2D eigenvalue weighted by Crippen LogP contribution is -2.14. The fourth-order valence-electron chi connectivity index (χ4n) is 1.43. The second kappa shape index (κ2) is 2.16. The van der Waals surface area contributed by atoms with Crippen LogP contribution in [0.3, 0.4) is 0 Å². The molecule has 0 unspecified atom stereocenters. The Morgan fingerprint density at radius 2 is 2.36 bits per heavy atom. The molecule has 2 heteroatoms. The van der Waals surface area contributed by atoms with Gasteiger partial charge in [-0.05, 0) is 18.6 Å². The molecule has 1 N–H and O–H groups in total.